The van der Waals surface area contributed by atoms with E-state index in [4.69, 9.17) is 11.6 Å². The standard InChI is InChI=1S/C13H15ClN2O/c1-9-10(2)16(8-15-9)7-13(17)11-3-5-12(14)6-4-11/h3-6,8,13,17H,7H2,1-2H3. The molecule has 3 nitrogen and oxygen atoms in total. The highest BCUT2D eigenvalue weighted by Crippen LogP contribution is 2.19. The van der Waals surface area contributed by atoms with Crippen molar-refractivity contribution in [2.75, 3.05) is 0 Å². The van der Waals surface area contributed by atoms with Gasteiger partial charge >= 0.3 is 0 Å². The molecule has 0 aliphatic carbocycles. The lowest BCUT2D eigenvalue weighted by atomic mass is 10.1. The summed E-state index contributed by atoms with van der Waals surface area (Å²) in [7, 11) is 0. The third-order valence-corrected chi connectivity index (χ3v) is 3.22. The summed E-state index contributed by atoms with van der Waals surface area (Å²) in [5.41, 5.74) is 2.94. The van der Waals surface area contributed by atoms with Crippen molar-refractivity contribution in [1.82, 2.24) is 9.55 Å². The maximum atomic E-state index is 10.1. The minimum atomic E-state index is -0.542. The van der Waals surface area contributed by atoms with Crippen LogP contribution in [0.5, 0.6) is 0 Å². The summed E-state index contributed by atoms with van der Waals surface area (Å²) in [6.07, 6.45) is 1.21. The lowest BCUT2D eigenvalue weighted by molar-refractivity contribution is 0.155. The second kappa shape index (κ2) is 4.90. The van der Waals surface area contributed by atoms with Gasteiger partial charge in [0, 0.05) is 10.7 Å². The number of aliphatic hydroxyl groups is 1. The van der Waals surface area contributed by atoms with Gasteiger partial charge in [-0.3, -0.25) is 0 Å². The second-order valence-electron chi connectivity index (χ2n) is 4.14. The number of nitrogens with zero attached hydrogens (tertiary/aromatic N) is 2. The molecule has 1 N–H and O–H groups in total. The van der Waals surface area contributed by atoms with E-state index in [9.17, 15) is 5.11 Å². The molecule has 1 atom stereocenters. The van der Waals surface area contributed by atoms with Crippen LogP contribution in [-0.4, -0.2) is 14.7 Å². The van der Waals surface area contributed by atoms with Crippen LogP contribution in [-0.2, 0) is 6.54 Å². The Balaban J connectivity index is 2.14. The molecule has 90 valence electrons. The molecule has 0 aliphatic rings. The van der Waals surface area contributed by atoms with E-state index in [1.807, 2.05) is 30.5 Å². The van der Waals surface area contributed by atoms with Gasteiger partial charge in [0.25, 0.3) is 0 Å². The first kappa shape index (κ1) is 12.1. The molecule has 0 saturated heterocycles. The lowest BCUT2D eigenvalue weighted by Crippen LogP contribution is -2.09. The van der Waals surface area contributed by atoms with E-state index in [0.29, 0.717) is 11.6 Å². The van der Waals surface area contributed by atoms with Crippen LogP contribution in [0.3, 0.4) is 0 Å². The second-order valence-corrected chi connectivity index (χ2v) is 4.57. The third kappa shape index (κ3) is 2.68. The fourth-order valence-corrected chi connectivity index (χ4v) is 1.83. The van der Waals surface area contributed by atoms with Crippen LogP contribution in [0, 0.1) is 13.8 Å². The summed E-state index contributed by atoms with van der Waals surface area (Å²) in [6.45, 7) is 4.46. The third-order valence-electron chi connectivity index (χ3n) is 2.97. The number of imidazole rings is 1. The molecule has 0 amide bonds. The average Bonchev–Trinajstić information content (AvgIpc) is 2.62. The zero-order valence-corrected chi connectivity index (χ0v) is 10.6. The number of halogens is 1. The summed E-state index contributed by atoms with van der Waals surface area (Å²) >= 11 is 5.81. The average molecular weight is 251 g/mol. The molecular weight excluding hydrogens is 236 g/mol. The quantitative estimate of drug-likeness (QED) is 0.910. The summed E-state index contributed by atoms with van der Waals surface area (Å²) in [5, 5.41) is 10.8. The van der Waals surface area contributed by atoms with Crippen LogP contribution in [0.15, 0.2) is 30.6 Å². The highest BCUT2D eigenvalue weighted by molar-refractivity contribution is 6.30. The molecule has 1 unspecified atom stereocenters. The molecule has 17 heavy (non-hydrogen) atoms. The van der Waals surface area contributed by atoms with Crippen LogP contribution < -0.4 is 0 Å². The Labute approximate surface area is 106 Å². The van der Waals surface area contributed by atoms with Crippen LogP contribution in [0.4, 0.5) is 0 Å². The van der Waals surface area contributed by atoms with E-state index >= 15 is 0 Å². The number of hydrogen-bond donors (Lipinski definition) is 1. The molecule has 0 radical (unpaired) electrons. The number of aliphatic hydroxyl groups excluding tert-OH is 1. The number of hydrogen-bond acceptors (Lipinski definition) is 2. The van der Waals surface area contributed by atoms with E-state index in [2.05, 4.69) is 4.98 Å². The van der Waals surface area contributed by atoms with Crippen molar-refractivity contribution in [3.05, 3.63) is 52.6 Å². The zero-order chi connectivity index (χ0) is 12.4. The van der Waals surface area contributed by atoms with E-state index in [1.54, 1.807) is 18.5 Å². The fourth-order valence-electron chi connectivity index (χ4n) is 1.70. The molecule has 1 heterocycles. The Kier molecular flexibility index (Phi) is 3.50. The van der Waals surface area contributed by atoms with Gasteiger partial charge in [0.05, 0.1) is 24.7 Å². The minimum Gasteiger partial charge on any atom is -0.387 e. The van der Waals surface area contributed by atoms with Crippen molar-refractivity contribution in [3.63, 3.8) is 0 Å². The number of aromatic nitrogens is 2. The van der Waals surface area contributed by atoms with Crippen molar-refractivity contribution in [2.45, 2.75) is 26.5 Å². The van der Waals surface area contributed by atoms with Gasteiger partial charge in [-0.2, -0.15) is 0 Å². The minimum absolute atomic E-state index is 0.508. The normalized spacial score (nSPS) is 12.7. The van der Waals surface area contributed by atoms with Crippen molar-refractivity contribution < 1.29 is 5.11 Å². The predicted octanol–water partition coefficient (Wildman–Crippen LogP) is 2.89. The molecule has 4 heteroatoms. The highest BCUT2D eigenvalue weighted by Gasteiger charge is 2.10. The van der Waals surface area contributed by atoms with E-state index in [-0.39, 0.29) is 0 Å². The van der Waals surface area contributed by atoms with Crippen LogP contribution in [0.2, 0.25) is 5.02 Å². The SMILES string of the molecule is Cc1ncn(CC(O)c2ccc(Cl)cc2)c1C. The molecule has 2 aromatic rings. The van der Waals surface area contributed by atoms with Crippen molar-refractivity contribution in [3.8, 4) is 0 Å². The van der Waals surface area contributed by atoms with Gasteiger partial charge in [-0.15, -0.1) is 0 Å². The summed E-state index contributed by atoms with van der Waals surface area (Å²) < 4.78 is 1.95. The van der Waals surface area contributed by atoms with Gasteiger partial charge in [-0.1, -0.05) is 23.7 Å². The highest BCUT2D eigenvalue weighted by atomic mass is 35.5. The molecule has 0 bridgehead atoms. The molecular formula is C13H15ClN2O. The smallest absolute Gasteiger partial charge is 0.0969 e. The Morgan fingerprint density at radius 1 is 1.29 bits per heavy atom. The first-order chi connectivity index (χ1) is 8.08. The maximum absolute atomic E-state index is 10.1. The Hall–Kier alpha value is -1.32. The monoisotopic (exact) mass is 250 g/mol. The number of benzene rings is 1. The Bertz CT molecular complexity index is 505. The van der Waals surface area contributed by atoms with E-state index in [0.717, 1.165) is 17.0 Å². The van der Waals surface area contributed by atoms with Crippen molar-refractivity contribution in [2.24, 2.45) is 0 Å². The van der Waals surface area contributed by atoms with Crippen LogP contribution in [0.1, 0.15) is 23.1 Å². The summed E-state index contributed by atoms with van der Waals surface area (Å²) in [4.78, 5) is 4.21. The van der Waals surface area contributed by atoms with E-state index in [1.165, 1.54) is 0 Å². The van der Waals surface area contributed by atoms with Crippen LogP contribution in [0.25, 0.3) is 0 Å². The molecule has 0 spiro atoms. The van der Waals surface area contributed by atoms with Crippen LogP contribution >= 0.6 is 11.6 Å². The first-order valence-electron chi connectivity index (χ1n) is 5.50. The molecule has 2 rings (SSSR count). The van der Waals surface area contributed by atoms with Gasteiger partial charge in [0.15, 0.2) is 0 Å². The van der Waals surface area contributed by atoms with Crippen molar-refractivity contribution in [1.29, 1.82) is 0 Å². The molecule has 0 saturated carbocycles. The fraction of sp³-hybridized carbons (Fsp3) is 0.308. The largest absolute Gasteiger partial charge is 0.387 e. The van der Waals surface area contributed by atoms with Gasteiger partial charge < -0.3 is 9.67 Å². The first-order valence-corrected chi connectivity index (χ1v) is 5.87. The molecule has 1 aromatic heterocycles. The predicted molar refractivity (Wildman–Crippen MR) is 68.1 cm³/mol. The van der Waals surface area contributed by atoms with Gasteiger partial charge in [-0.25, -0.2) is 4.98 Å². The van der Waals surface area contributed by atoms with Gasteiger partial charge in [-0.05, 0) is 31.5 Å². The summed E-state index contributed by atoms with van der Waals surface area (Å²) in [5.74, 6) is 0. The Morgan fingerprint density at radius 3 is 2.47 bits per heavy atom. The maximum Gasteiger partial charge on any atom is 0.0969 e. The Morgan fingerprint density at radius 2 is 1.94 bits per heavy atom. The molecule has 0 aliphatic heterocycles. The lowest BCUT2D eigenvalue weighted by Gasteiger charge is -2.13. The van der Waals surface area contributed by atoms with Gasteiger partial charge in [0.1, 0.15) is 0 Å². The topological polar surface area (TPSA) is 38.0 Å². The number of rotatable bonds is 3. The zero-order valence-electron chi connectivity index (χ0n) is 9.89. The van der Waals surface area contributed by atoms with Gasteiger partial charge in [0.2, 0.25) is 0 Å². The summed E-state index contributed by atoms with van der Waals surface area (Å²) in [6, 6.07) is 7.25. The number of aryl methyl sites for hydroxylation is 1. The van der Waals surface area contributed by atoms with E-state index < -0.39 is 6.10 Å². The molecule has 1 aromatic carbocycles. The van der Waals surface area contributed by atoms with Crippen molar-refractivity contribution >= 4 is 11.6 Å². The molecule has 0 fully saturated rings.